The molecule has 0 aromatic carbocycles. The molecule has 0 aliphatic carbocycles. The summed E-state index contributed by atoms with van der Waals surface area (Å²) in [4.78, 5) is 40.4. The van der Waals surface area contributed by atoms with Gasteiger partial charge in [0.05, 0.1) is 19.8 Å². The second kappa shape index (κ2) is 37.1. The van der Waals surface area contributed by atoms with Gasteiger partial charge in [-0.25, -0.2) is 4.79 Å². The van der Waals surface area contributed by atoms with E-state index in [1.165, 1.54) is 103 Å². The number of rotatable bonds is 40. The van der Waals surface area contributed by atoms with Crippen LogP contribution in [0.3, 0.4) is 0 Å². The van der Waals surface area contributed by atoms with E-state index in [-0.39, 0.29) is 24.0 Å². The molecule has 0 amide bonds. The normalized spacial score (nSPS) is 16.1. The van der Waals surface area contributed by atoms with Crippen molar-refractivity contribution in [2.75, 3.05) is 40.0 Å². The highest BCUT2D eigenvalue weighted by molar-refractivity contribution is 5.79. The summed E-state index contributed by atoms with van der Waals surface area (Å²) in [5.74, 6) is 1.02. The molecule has 8 heteroatoms. The molecule has 1 atom stereocenters. The van der Waals surface area contributed by atoms with Gasteiger partial charge in [-0.05, 0) is 77.2 Å². The first-order valence-electron chi connectivity index (χ1n) is 25.0. The molecule has 0 spiro atoms. The largest absolute Gasteiger partial charge is 0.466 e. The summed E-state index contributed by atoms with van der Waals surface area (Å²) in [6.45, 7) is 13.9. The Balaban J connectivity index is 2.37. The lowest BCUT2D eigenvalue weighted by Crippen LogP contribution is -2.54. The van der Waals surface area contributed by atoms with Gasteiger partial charge in [-0.1, -0.05) is 169 Å². The Labute approximate surface area is 358 Å². The average molecular weight is 822 g/mol. The average Bonchev–Trinajstić information content (AvgIpc) is 3.19. The van der Waals surface area contributed by atoms with Gasteiger partial charge >= 0.3 is 17.9 Å². The zero-order chi connectivity index (χ0) is 42.5. The molecule has 0 N–H and O–H groups in total. The van der Waals surface area contributed by atoms with Crippen molar-refractivity contribution in [1.82, 2.24) is 4.90 Å². The van der Waals surface area contributed by atoms with E-state index in [1.54, 1.807) is 0 Å². The number of likely N-dealkylation sites (N-methyl/N-ethyl adjacent to an activating group) is 1. The predicted octanol–water partition coefficient (Wildman–Crippen LogP) is 13.5. The fraction of sp³-hybridized carbons (Fsp3) is 0.940. The van der Waals surface area contributed by atoms with E-state index in [4.69, 9.17) is 18.9 Å². The summed E-state index contributed by atoms with van der Waals surface area (Å²) in [5, 5.41) is 0. The van der Waals surface area contributed by atoms with Gasteiger partial charge in [0.25, 0.3) is 0 Å². The molecule has 0 radical (unpaired) electrons. The second-order valence-electron chi connectivity index (χ2n) is 18.2. The first-order valence-corrected chi connectivity index (χ1v) is 25.0. The molecule has 0 aromatic heterocycles. The van der Waals surface area contributed by atoms with Gasteiger partial charge in [-0.15, -0.1) is 0 Å². The van der Waals surface area contributed by atoms with Crippen LogP contribution in [0.25, 0.3) is 0 Å². The lowest BCUT2D eigenvalue weighted by atomic mass is 9.92. The van der Waals surface area contributed by atoms with Crippen LogP contribution in [0.1, 0.15) is 240 Å². The minimum Gasteiger partial charge on any atom is -0.466 e. The summed E-state index contributed by atoms with van der Waals surface area (Å²) in [6.07, 6.45) is 35.0. The number of unbranched alkanes of at least 4 members (excludes halogenated alkanes) is 16. The lowest BCUT2D eigenvalue weighted by molar-refractivity contribution is -0.185. The molecule has 1 saturated heterocycles. The molecular formula is C50H95NO7. The first kappa shape index (κ1) is 54.3. The summed E-state index contributed by atoms with van der Waals surface area (Å²) in [5.41, 5.74) is -0.926. The first-order chi connectivity index (χ1) is 28.2. The van der Waals surface area contributed by atoms with Gasteiger partial charge in [-0.3, -0.25) is 9.59 Å². The second-order valence-corrected chi connectivity index (χ2v) is 18.2. The van der Waals surface area contributed by atoms with Crippen LogP contribution in [0.4, 0.5) is 0 Å². The maximum atomic E-state index is 13.4. The highest BCUT2D eigenvalue weighted by Crippen LogP contribution is 2.25. The fourth-order valence-corrected chi connectivity index (χ4v) is 8.49. The minimum absolute atomic E-state index is 0.0495. The van der Waals surface area contributed by atoms with E-state index in [0.29, 0.717) is 51.0 Å². The van der Waals surface area contributed by atoms with Crippen LogP contribution in [0, 0.1) is 11.8 Å². The third-order valence-electron chi connectivity index (χ3n) is 12.4. The van der Waals surface area contributed by atoms with Crippen molar-refractivity contribution in [2.45, 2.75) is 252 Å². The van der Waals surface area contributed by atoms with E-state index in [1.807, 2.05) is 14.0 Å². The lowest BCUT2D eigenvalue weighted by Gasteiger charge is -2.37. The number of carbonyl (C=O) groups is 3. The zero-order valence-electron chi connectivity index (χ0n) is 39.2. The number of nitrogens with zero attached hydrogens (tertiary/aromatic N) is 1. The Morgan fingerprint density at radius 2 is 0.914 bits per heavy atom. The van der Waals surface area contributed by atoms with Crippen molar-refractivity contribution < 1.29 is 33.3 Å². The molecule has 0 aromatic rings. The smallest absolute Gasteiger partial charge is 0.339 e. The third kappa shape index (κ3) is 29.5. The number of carbonyl (C=O) groups excluding carboxylic acids is 3. The number of hydrogen-bond donors (Lipinski definition) is 0. The Bertz CT molecular complexity index is 915. The maximum absolute atomic E-state index is 13.4. The highest BCUT2D eigenvalue weighted by atomic mass is 16.6. The van der Waals surface area contributed by atoms with E-state index >= 15 is 0 Å². The number of esters is 3. The highest BCUT2D eigenvalue weighted by Gasteiger charge is 2.40. The zero-order valence-corrected chi connectivity index (χ0v) is 39.2. The molecule has 58 heavy (non-hydrogen) atoms. The van der Waals surface area contributed by atoms with Crippen LogP contribution in [0.5, 0.6) is 0 Å². The van der Waals surface area contributed by atoms with E-state index in [0.717, 1.165) is 96.4 Å². The van der Waals surface area contributed by atoms with Crippen molar-refractivity contribution in [3.63, 3.8) is 0 Å². The quantitative estimate of drug-likeness (QED) is 0.0343. The Morgan fingerprint density at radius 3 is 1.31 bits per heavy atom. The molecule has 1 fully saturated rings. The SMILES string of the molecule is CCCCCC(CCCCC)CCOC(=O)CCCCCCCC(CCCCCCCC(=O)OCCC(CCCCC)CCCCC)OC(=O)C1(C)CN(C)CCO1. The molecule has 0 bridgehead atoms. The van der Waals surface area contributed by atoms with Gasteiger partial charge in [0.1, 0.15) is 6.10 Å². The van der Waals surface area contributed by atoms with Gasteiger partial charge < -0.3 is 23.8 Å². The summed E-state index contributed by atoms with van der Waals surface area (Å²) in [7, 11) is 2.02. The standard InChI is InChI=1S/C50H95NO7/c1-7-11-21-29-44(30-22-12-8-2)37-40-55-47(52)35-27-19-15-17-25-33-46(58-49(54)50(5)43-51(6)39-42-57-50)34-26-18-16-20-28-36-48(53)56-41-38-45(31-23-13-9-3)32-24-14-10-4/h44-46H,7-43H2,1-6H3. The van der Waals surface area contributed by atoms with Gasteiger partial charge in [-0.2, -0.15) is 0 Å². The Morgan fingerprint density at radius 1 is 0.534 bits per heavy atom. The Kier molecular flexibility index (Phi) is 34.8. The molecule has 1 rings (SSSR count). The van der Waals surface area contributed by atoms with Crippen LogP contribution in [-0.2, 0) is 33.3 Å². The number of hydrogen-bond acceptors (Lipinski definition) is 8. The van der Waals surface area contributed by atoms with E-state index in [2.05, 4.69) is 32.6 Å². The van der Waals surface area contributed by atoms with Crippen molar-refractivity contribution in [1.29, 1.82) is 0 Å². The summed E-state index contributed by atoms with van der Waals surface area (Å²) in [6, 6.07) is 0. The fourth-order valence-electron chi connectivity index (χ4n) is 8.49. The minimum atomic E-state index is -0.926. The van der Waals surface area contributed by atoms with Crippen LogP contribution in [0.15, 0.2) is 0 Å². The maximum Gasteiger partial charge on any atom is 0.339 e. The molecule has 1 heterocycles. The van der Waals surface area contributed by atoms with E-state index in [9.17, 15) is 14.4 Å². The van der Waals surface area contributed by atoms with Crippen LogP contribution in [0.2, 0.25) is 0 Å². The molecular weight excluding hydrogens is 727 g/mol. The van der Waals surface area contributed by atoms with E-state index < -0.39 is 5.60 Å². The van der Waals surface area contributed by atoms with Gasteiger partial charge in [0.2, 0.25) is 0 Å². The topological polar surface area (TPSA) is 91.4 Å². The van der Waals surface area contributed by atoms with Crippen molar-refractivity contribution in [2.24, 2.45) is 11.8 Å². The summed E-state index contributed by atoms with van der Waals surface area (Å²) < 4.78 is 23.4. The molecule has 342 valence electrons. The van der Waals surface area contributed by atoms with Gasteiger partial charge in [0, 0.05) is 25.9 Å². The van der Waals surface area contributed by atoms with Crippen LogP contribution < -0.4 is 0 Å². The van der Waals surface area contributed by atoms with Crippen LogP contribution in [-0.4, -0.2) is 74.5 Å². The Hall–Kier alpha value is -1.67. The number of morpholine rings is 1. The molecule has 1 aliphatic heterocycles. The van der Waals surface area contributed by atoms with Crippen molar-refractivity contribution in [3.8, 4) is 0 Å². The van der Waals surface area contributed by atoms with Crippen molar-refractivity contribution in [3.05, 3.63) is 0 Å². The number of ether oxygens (including phenoxy) is 4. The molecule has 0 saturated carbocycles. The third-order valence-corrected chi connectivity index (χ3v) is 12.4. The molecule has 1 aliphatic rings. The van der Waals surface area contributed by atoms with Crippen LogP contribution >= 0.6 is 0 Å². The summed E-state index contributed by atoms with van der Waals surface area (Å²) >= 11 is 0. The van der Waals surface area contributed by atoms with Gasteiger partial charge in [0.15, 0.2) is 5.60 Å². The van der Waals surface area contributed by atoms with Crippen molar-refractivity contribution >= 4 is 17.9 Å². The molecule has 8 nitrogen and oxygen atoms in total. The monoisotopic (exact) mass is 822 g/mol. The predicted molar refractivity (Wildman–Crippen MR) is 241 cm³/mol. The molecule has 1 unspecified atom stereocenters.